The van der Waals surface area contributed by atoms with E-state index in [1.54, 1.807) is 29.6 Å². The van der Waals surface area contributed by atoms with E-state index >= 15 is 0 Å². The van der Waals surface area contributed by atoms with Crippen molar-refractivity contribution in [2.24, 2.45) is 7.05 Å². The molecule has 0 aromatic carbocycles. The molecule has 0 bridgehead atoms. The van der Waals surface area contributed by atoms with E-state index in [0.29, 0.717) is 19.4 Å². The van der Waals surface area contributed by atoms with E-state index in [9.17, 15) is 9.59 Å². The van der Waals surface area contributed by atoms with E-state index in [1.165, 1.54) is 0 Å². The molecule has 0 radical (unpaired) electrons. The third kappa shape index (κ3) is 3.25. The van der Waals surface area contributed by atoms with Crippen molar-refractivity contribution in [3.05, 3.63) is 18.0 Å². The first-order valence-corrected chi connectivity index (χ1v) is 7.45. The van der Waals surface area contributed by atoms with Gasteiger partial charge in [-0.25, -0.2) is 0 Å². The molecule has 1 aliphatic rings. The minimum atomic E-state index is -0.823. The second kappa shape index (κ2) is 5.87. The fourth-order valence-corrected chi connectivity index (χ4v) is 2.76. The predicted molar refractivity (Wildman–Crippen MR) is 79.5 cm³/mol. The van der Waals surface area contributed by atoms with Gasteiger partial charge in [-0.2, -0.15) is 5.10 Å². The van der Waals surface area contributed by atoms with Gasteiger partial charge in [-0.1, -0.05) is 13.3 Å². The smallest absolute Gasteiger partial charge is 0.248 e. The highest BCUT2D eigenvalue weighted by Crippen LogP contribution is 2.21. The molecule has 1 aliphatic heterocycles. The molecule has 1 aromatic heterocycles. The highest BCUT2D eigenvalue weighted by molar-refractivity contribution is 5.99. The average Bonchev–Trinajstić information content (AvgIpc) is 2.81. The molecule has 0 saturated carbocycles. The van der Waals surface area contributed by atoms with E-state index in [-0.39, 0.29) is 17.9 Å². The number of amides is 2. The maximum absolute atomic E-state index is 12.6. The Kier molecular flexibility index (Phi) is 4.34. The maximum atomic E-state index is 12.6. The number of piperazine rings is 1. The quantitative estimate of drug-likeness (QED) is 0.875. The lowest BCUT2D eigenvalue weighted by molar-refractivity contribution is -0.153. The second-order valence-electron chi connectivity index (χ2n) is 6.19. The Hall–Kier alpha value is -1.85. The molecule has 1 atom stereocenters. The van der Waals surface area contributed by atoms with Crippen molar-refractivity contribution in [2.75, 3.05) is 6.54 Å². The van der Waals surface area contributed by atoms with Crippen LogP contribution in [0.15, 0.2) is 12.4 Å². The third-order valence-electron chi connectivity index (χ3n) is 3.87. The van der Waals surface area contributed by atoms with Crippen LogP contribution in [0, 0.1) is 0 Å². The number of nitrogens with zero attached hydrogens (tertiary/aromatic N) is 3. The zero-order valence-electron chi connectivity index (χ0n) is 13.2. The van der Waals surface area contributed by atoms with Crippen molar-refractivity contribution in [3.63, 3.8) is 0 Å². The summed E-state index contributed by atoms with van der Waals surface area (Å²) in [5, 5.41) is 6.96. The summed E-state index contributed by atoms with van der Waals surface area (Å²) in [5.41, 5.74) is 0.250. The maximum Gasteiger partial charge on any atom is 0.248 e. The summed E-state index contributed by atoms with van der Waals surface area (Å²) in [6, 6.07) is -0.354. The summed E-state index contributed by atoms with van der Waals surface area (Å²) >= 11 is 0. The van der Waals surface area contributed by atoms with Gasteiger partial charge >= 0.3 is 0 Å². The Morgan fingerprint density at radius 2 is 2.10 bits per heavy atom. The first kappa shape index (κ1) is 15.5. The van der Waals surface area contributed by atoms with Gasteiger partial charge < -0.3 is 10.2 Å². The molecule has 1 unspecified atom stereocenters. The minimum Gasteiger partial charge on any atom is -0.340 e. The summed E-state index contributed by atoms with van der Waals surface area (Å²) < 4.78 is 1.74. The number of carbonyl (C=O) groups excluding carboxylic acids is 2. The minimum absolute atomic E-state index is 0.00978. The van der Waals surface area contributed by atoms with Gasteiger partial charge in [0, 0.05) is 19.8 Å². The van der Waals surface area contributed by atoms with Crippen molar-refractivity contribution < 1.29 is 9.59 Å². The van der Waals surface area contributed by atoms with Gasteiger partial charge in [-0.15, -0.1) is 0 Å². The highest BCUT2D eigenvalue weighted by Gasteiger charge is 2.44. The van der Waals surface area contributed by atoms with E-state index in [2.05, 4.69) is 10.4 Å². The molecule has 116 valence electrons. The Morgan fingerprint density at radius 1 is 1.38 bits per heavy atom. The van der Waals surface area contributed by atoms with E-state index in [1.807, 2.05) is 20.2 Å². The molecule has 6 nitrogen and oxygen atoms in total. The zero-order chi connectivity index (χ0) is 15.6. The summed E-state index contributed by atoms with van der Waals surface area (Å²) in [4.78, 5) is 26.6. The number of carbonyl (C=O) groups is 2. The van der Waals surface area contributed by atoms with Crippen LogP contribution in [0.3, 0.4) is 0 Å². The van der Waals surface area contributed by atoms with Gasteiger partial charge in [0.1, 0.15) is 11.6 Å². The van der Waals surface area contributed by atoms with E-state index < -0.39 is 5.54 Å². The Morgan fingerprint density at radius 3 is 2.67 bits per heavy atom. The van der Waals surface area contributed by atoms with Crippen LogP contribution in [0.5, 0.6) is 0 Å². The molecule has 2 rings (SSSR count). The topological polar surface area (TPSA) is 67.2 Å². The number of hydrogen-bond acceptors (Lipinski definition) is 3. The lowest BCUT2D eigenvalue weighted by Crippen LogP contribution is -2.68. The molecule has 2 heterocycles. The van der Waals surface area contributed by atoms with Crippen LogP contribution in [-0.2, 0) is 23.1 Å². The predicted octanol–water partition coefficient (Wildman–Crippen LogP) is 0.868. The summed E-state index contributed by atoms with van der Waals surface area (Å²) in [5.74, 6) is -0.0583. The van der Waals surface area contributed by atoms with Gasteiger partial charge in [0.25, 0.3) is 0 Å². The summed E-state index contributed by atoms with van der Waals surface area (Å²) in [7, 11) is 1.87. The van der Waals surface area contributed by atoms with Gasteiger partial charge in [0.15, 0.2) is 0 Å². The van der Waals surface area contributed by atoms with Gasteiger partial charge in [-0.3, -0.25) is 14.3 Å². The highest BCUT2D eigenvalue weighted by atomic mass is 16.2. The number of hydrogen-bond donors (Lipinski definition) is 1. The SMILES string of the molecule is CCCC1C(=O)NC(C)(C)C(=O)N1CCc1cnn(C)c1. The molecule has 1 aromatic rings. The molecule has 0 spiro atoms. The average molecular weight is 292 g/mol. The number of aryl methyl sites for hydroxylation is 1. The van der Waals surface area contributed by atoms with Crippen molar-refractivity contribution in [3.8, 4) is 0 Å². The lowest BCUT2D eigenvalue weighted by atomic mass is 9.94. The van der Waals surface area contributed by atoms with E-state index in [4.69, 9.17) is 0 Å². The van der Waals surface area contributed by atoms with Gasteiger partial charge in [-0.05, 0) is 32.3 Å². The first-order valence-electron chi connectivity index (χ1n) is 7.45. The van der Waals surface area contributed by atoms with Crippen molar-refractivity contribution >= 4 is 11.8 Å². The second-order valence-corrected chi connectivity index (χ2v) is 6.19. The van der Waals surface area contributed by atoms with Gasteiger partial charge in [0.2, 0.25) is 11.8 Å². The molecule has 1 saturated heterocycles. The lowest BCUT2D eigenvalue weighted by Gasteiger charge is -2.42. The zero-order valence-corrected chi connectivity index (χ0v) is 13.2. The Balaban J connectivity index is 2.14. The van der Waals surface area contributed by atoms with Crippen molar-refractivity contribution in [2.45, 2.75) is 51.6 Å². The standard InChI is InChI=1S/C15H24N4O2/c1-5-6-12-13(20)17-15(2,3)14(21)19(12)8-7-11-9-16-18(4)10-11/h9-10,12H,5-8H2,1-4H3,(H,17,20). The van der Waals surface area contributed by atoms with E-state index in [0.717, 1.165) is 12.0 Å². The monoisotopic (exact) mass is 292 g/mol. The number of rotatable bonds is 5. The van der Waals surface area contributed by atoms with Crippen LogP contribution >= 0.6 is 0 Å². The van der Waals surface area contributed by atoms with Crippen LogP contribution in [0.4, 0.5) is 0 Å². The number of aromatic nitrogens is 2. The van der Waals surface area contributed by atoms with Crippen LogP contribution < -0.4 is 5.32 Å². The van der Waals surface area contributed by atoms with Crippen molar-refractivity contribution in [1.82, 2.24) is 20.0 Å². The molecule has 1 N–H and O–H groups in total. The number of nitrogens with one attached hydrogen (secondary N) is 1. The Bertz CT molecular complexity index is 536. The van der Waals surface area contributed by atoms with Crippen LogP contribution in [0.2, 0.25) is 0 Å². The third-order valence-corrected chi connectivity index (χ3v) is 3.87. The normalized spacial score (nSPS) is 21.5. The van der Waals surface area contributed by atoms with Crippen molar-refractivity contribution in [1.29, 1.82) is 0 Å². The molecular formula is C15H24N4O2. The molecule has 2 amide bonds. The molecular weight excluding hydrogens is 268 g/mol. The Labute approximate surface area is 125 Å². The largest absolute Gasteiger partial charge is 0.340 e. The van der Waals surface area contributed by atoms with Crippen LogP contribution in [0.1, 0.15) is 39.2 Å². The molecule has 6 heteroatoms. The molecule has 0 aliphatic carbocycles. The molecule has 21 heavy (non-hydrogen) atoms. The van der Waals surface area contributed by atoms with Gasteiger partial charge in [0.05, 0.1) is 6.20 Å². The summed E-state index contributed by atoms with van der Waals surface area (Å²) in [6.45, 7) is 6.09. The fraction of sp³-hybridized carbons (Fsp3) is 0.667. The van der Waals surface area contributed by atoms with Crippen LogP contribution in [0.25, 0.3) is 0 Å². The first-order chi connectivity index (χ1) is 9.85. The fourth-order valence-electron chi connectivity index (χ4n) is 2.76. The molecule has 1 fully saturated rings. The summed E-state index contributed by atoms with van der Waals surface area (Å²) in [6.07, 6.45) is 6.02. The van der Waals surface area contributed by atoms with Crippen LogP contribution in [-0.4, -0.2) is 44.6 Å².